The average molecular weight is 871 g/mol. The number of hydrogen-bond acceptors (Lipinski definition) is 10. The van der Waals surface area contributed by atoms with Crippen LogP contribution in [0.3, 0.4) is 0 Å². The third kappa shape index (κ3) is 11.5. The van der Waals surface area contributed by atoms with Gasteiger partial charge in [-0.15, -0.1) is 0 Å². The van der Waals surface area contributed by atoms with Gasteiger partial charge in [0.1, 0.15) is 4.70 Å². The first-order chi connectivity index (χ1) is 25.3. The van der Waals surface area contributed by atoms with Gasteiger partial charge in [-0.1, -0.05) is 70.6 Å². The van der Waals surface area contributed by atoms with Crippen LogP contribution in [0.15, 0.2) is 112 Å². The van der Waals surface area contributed by atoms with Crippen molar-refractivity contribution in [1.29, 1.82) is 0 Å². The van der Waals surface area contributed by atoms with Gasteiger partial charge in [0.25, 0.3) is 5.01 Å². The van der Waals surface area contributed by atoms with Crippen molar-refractivity contribution < 1.29 is 81.9 Å². The maximum absolute atomic E-state index is 11.2. The van der Waals surface area contributed by atoms with E-state index in [1.165, 1.54) is 0 Å². The van der Waals surface area contributed by atoms with E-state index in [4.69, 9.17) is 23.2 Å². The minimum absolute atomic E-state index is 0. The van der Waals surface area contributed by atoms with Gasteiger partial charge in [0.05, 0.1) is 31.0 Å². The molecule has 0 N–H and O–H groups in total. The molecule has 6 rings (SSSR count). The Hall–Kier alpha value is -1.50. The fourth-order valence-electron chi connectivity index (χ4n) is 6.55. The summed E-state index contributed by atoms with van der Waals surface area (Å²) >= 11 is 16.0. The largest absolute Gasteiger partial charge is 1.00 e. The van der Waals surface area contributed by atoms with Gasteiger partial charge < -0.3 is 18.9 Å². The van der Waals surface area contributed by atoms with Gasteiger partial charge in [0.2, 0.25) is 5.52 Å². The van der Waals surface area contributed by atoms with Gasteiger partial charge in [0, 0.05) is 70.0 Å². The summed E-state index contributed by atoms with van der Waals surface area (Å²) in [7, 11) is -6.49. The van der Waals surface area contributed by atoms with Crippen molar-refractivity contribution in [1.82, 2.24) is 0 Å². The molecule has 0 saturated heterocycles. The molecule has 3 aromatic carbocycles. The number of likely N-dealkylation sites (N-methyl/N-ethyl adjacent to an activating group) is 1. The van der Waals surface area contributed by atoms with Gasteiger partial charge in [-0.2, -0.15) is 4.57 Å². The molecular weight excluding hydrogens is 833 g/mol. The molecule has 9 nitrogen and oxygen atoms in total. The maximum atomic E-state index is 11.2. The second-order valence-corrected chi connectivity index (χ2v) is 18.9. The van der Waals surface area contributed by atoms with E-state index in [0.29, 0.717) is 36.0 Å². The molecule has 1 aliphatic heterocycles. The van der Waals surface area contributed by atoms with Crippen molar-refractivity contribution in [3.05, 3.63) is 122 Å². The zero-order valence-electron chi connectivity index (χ0n) is 29.9. The van der Waals surface area contributed by atoms with Crippen LogP contribution in [0.2, 0.25) is 10.0 Å². The first-order valence-electron chi connectivity index (χ1n) is 17.1. The second-order valence-electron chi connectivity index (χ2n) is 12.8. The van der Waals surface area contributed by atoms with Crippen LogP contribution in [-0.4, -0.2) is 51.0 Å². The smallest absolute Gasteiger partial charge is 0.748 e. The number of thioether (sulfide) groups is 1. The topological polar surface area (TPSA) is 125 Å². The van der Waals surface area contributed by atoms with Gasteiger partial charge in [-0.3, -0.25) is 0 Å². The number of thiazole rings is 1. The normalized spacial score (nSPS) is 16.3. The van der Waals surface area contributed by atoms with Crippen LogP contribution in [0.25, 0.3) is 16.3 Å². The van der Waals surface area contributed by atoms with Crippen LogP contribution in [0, 0.1) is 0 Å². The van der Waals surface area contributed by atoms with Gasteiger partial charge in [-0.05, 0) is 97.9 Å². The fourth-order valence-corrected chi connectivity index (χ4v) is 10.1. The summed E-state index contributed by atoms with van der Waals surface area (Å²) in [4.78, 5) is 5.39. The first-order valence-corrected chi connectivity index (χ1v) is 22.7. The molecule has 0 spiro atoms. The molecule has 4 aromatic rings. The van der Waals surface area contributed by atoms with Crippen LogP contribution >= 0.6 is 46.3 Å². The van der Waals surface area contributed by atoms with Crippen LogP contribution in [0.4, 0.5) is 11.4 Å². The van der Waals surface area contributed by atoms with Crippen molar-refractivity contribution in [2.45, 2.75) is 50.0 Å². The van der Waals surface area contributed by atoms with Crippen molar-refractivity contribution >= 4 is 94.2 Å². The summed E-state index contributed by atoms with van der Waals surface area (Å²) in [6.07, 6.45) is 11.8. The molecule has 1 aliphatic carbocycles. The number of benzene rings is 3. The molecule has 2 heterocycles. The summed E-state index contributed by atoms with van der Waals surface area (Å²) in [5.41, 5.74) is 6.36. The summed E-state index contributed by atoms with van der Waals surface area (Å²) in [6.45, 7) is 1.08. The van der Waals surface area contributed by atoms with E-state index in [9.17, 15) is 25.9 Å². The number of unbranched alkanes of at least 4 members (excludes halogenated alkanes) is 2. The van der Waals surface area contributed by atoms with E-state index in [1.807, 2.05) is 54.6 Å². The Balaban J connectivity index is 0.00000561. The number of allylic oxidation sites excluding steroid dienone is 5. The predicted molar refractivity (Wildman–Crippen MR) is 216 cm³/mol. The van der Waals surface area contributed by atoms with Gasteiger partial charge >= 0.3 is 51.4 Å². The number of hydrogen-bond donors (Lipinski definition) is 0. The van der Waals surface area contributed by atoms with E-state index in [-0.39, 0.29) is 64.2 Å². The third-order valence-electron chi connectivity index (χ3n) is 9.04. The Kier molecular flexibility index (Phi) is 15.6. The zero-order chi connectivity index (χ0) is 37.8. The third-order valence-corrected chi connectivity index (χ3v) is 13.4. The Morgan fingerprint density at radius 2 is 1.54 bits per heavy atom. The number of anilines is 2. The predicted octanol–water partition coefficient (Wildman–Crippen LogP) is 5.73. The van der Waals surface area contributed by atoms with E-state index in [0.717, 1.165) is 66.2 Å². The molecule has 16 heteroatoms. The monoisotopic (exact) mass is 869 g/mol. The minimum Gasteiger partial charge on any atom is -0.748 e. The SMILES string of the molecule is CN(C1=C(C=Cc2sc3ccc(Cl)cc3[n+]2CCCCS(=O)(=O)[O-])CC/C1=C\C=C1Sc2ccc(Cl)cc2N1CCCCS(=O)(=O)[O-])c1ccccc1.[K+]. The molecule has 2 aliphatic rings. The number of nitrogens with zero attached hydrogens (tertiary/aromatic N) is 3. The number of aryl methyl sites for hydroxylation is 1. The van der Waals surface area contributed by atoms with Crippen LogP contribution < -0.4 is 65.8 Å². The molecular formula is C38H38Cl2KN3O6S4. The number of fused-ring (bicyclic) bond motifs is 2. The molecule has 0 fully saturated rings. The average Bonchev–Trinajstić information content (AvgIpc) is 3.78. The molecule has 0 saturated carbocycles. The number of aromatic nitrogens is 1. The molecule has 54 heavy (non-hydrogen) atoms. The van der Waals surface area contributed by atoms with Crippen molar-refractivity contribution in [2.24, 2.45) is 0 Å². The van der Waals surface area contributed by atoms with Crippen LogP contribution in [-0.2, 0) is 26.8 Å². The quantitative estimate of drug-likeness (QED) is 0.0638. The molecule has 0 radical (unpaired) electrons. The molecule has 280 valence electrons. The standard InChI is InChI=1S/C38H39Cl2N3O6S4.K/c1-41(31-9-3-2-4-10-31)38-27(13-19-36-42(21-5-7-23-52(44,45)46)32-25-29(39)15-17-34(32)50-36)11-12-28(38)14-20-37-43(22-6-8-24-53(47,48)49)33-26-30(40)16-18-35(33)51-37;/h2-4,9-10,13-20,25-26H,5-8,11-12,21-24H2,1H3,(H-,44,45,46,47,48,49);/q;+1/p-1. The first kappa shape index (κ1) is 43.6. The van der Waals surface area contributed by atoms with Gasteiger partial charge in [-0.25, -0.2) is 16.8 Å². The summed E-state index contributed by atoms with van der Waals surface area (Å²) in [5.74, 6) is -0.784. The Morgan fingerprint density at radius 3 is 2.26 bits per heavy atom. The van der Waals surface area contributed by atoms with Gasteiger partial charge in [0.15, 0.2) is 6.54 Å². The van der Waals surface area contributed by atoms with Crippen LogP contribution in [0.5, 0.6) is 0 Å². The molecule has 0 atom stereocenters. The van der Waals surface area contributed by atoms with E-state index in [2.05, 4.69) is 57.9 Å². The number of halogens is 2. The van der Waals surface area contributed by atoms with Crippen molar-refractivity contribution in [3.8, 4) is 0 Å². The van der Waals surface area contributed by atoms with E-state index < -0.39 is 31.7 Å². The molecule has 0 bridgehead atoms. The number of rotatable bonds is 15. The second kappa shape index (κ2) is 19.3. The Bertz CT molecular complexity index is 2350. The molecule has 1 aromatic heterocycles. The Morgan fingerprint density at radius 1 is 0.852 bits per heavy atom. The van der Waals surface area contributed by atoms with E-state index >= 15 is 0 Å². The summed E-state index contributed by atoms with van der Waals surface area (Å²) < 4.78 is 70.5. The Labute approximate surface area is 378 Å². The molecule has 0 amide bonds. The fraction of sp³-hybridized carbons (Fsp3) is 0.289. The number of para-hydroxylation sites is 1. The zero-order valence-corrected chi connectivity index (χ0v) is 37.8. The van der Waals surface area contributed by atoms with Crippen molar-refractivity contribution in [2.75, 3.05) is 34.9 Å². The summed E-state index contributed by atoms with van der Waals surface area (Å²) in [5, 5.41) is 3.19. The minimum atomic E-state index is -4.28. The van der Waals surface area contributed by atoms with Crippen LogP contribution in [0.1, 0.15) is 43.5 Å². The van der Waals surface area contributed by atoms with E-state index in [1.54, 1.807) is 23.1 Å². The molecule has 0 unspecified atom stereocenters. The van der Waals surface area contributed by atoms with Crippen molar-refractivity contribution in [3.63, 3.8) is 0 Å². The summed E-state index contributed by atoms with van der Waals surface area (Å²) in [6, 6.07) is 21.7. The maximum Gasteiger partial charge on any atom is 1.00 e.